The van der Waals surface area contributed by atoms with Gasteiger partial charge in [-0.2, -0.15) is 0 Å². The van der Waals surface area contributed by atoms with Gasteiger partial charge in [-0.3, -0.25) is 0 Å². The quantitative estimate of drug-likeness (QED) is 0.410. The largest absolute Gasteiger partial charge is 0.497 e. The highest BCUT2D eigenvalue weighted by Gasteiger charge is 2.19. The molecule has 4 rings (SSSR count). The summed E-state index contributed by atoms with van der Waals surface area (Å²) in [6.45, 7) is 2.07. The summed E-state index contributed by atoms with van der Waals surface area (Å²) in [7, 11) is 3.23. The summed E-state index contributed by atoms with van der Waals surface area (Å²) in [5, 5.41) is 8.10. The van der Waals surface area contributed by atoms with Crippen molar-refractivity contribution in [3.05, 3.63) is 40.8 Å². The number of thiophene rings is 1. The Morgan fingerprint density at radius 1 is 1.13 bits per heavy atom. The number of nitrogens with one attached hydrogen (secondary N) is 1. The monoisotopic (exact) mass is 442 g/mol. The number of thiazole rings is 1. The lowest BCUT2D eigenvalue weighted by Gasteiger charge is -2.08. The number of ether oxygens (including phenoxy) is 3. The van der Waals surface area contributed by atoms with Gasteiger partial charge in [0.2, 0.25) is 0 Å². The first-order valence-corrected chi connectivity index (χ1v) is 10.7. The first kappa shape index (κ1) is 20.0. The highest BCUT2D eigenvalue weighted by atomic mass is 32.1. The van der Waals surface area contributed by atoms with E-state index in [9.17, 15) is 4.79 Å². The molecule has 0 saturated heterocycles. The Bertz CT molecular complexity index is 1200. The third-order valence-corrected chi connectivity index (χ3v) is 5.92. The van der Waals surface area contributed by atoms with E-state index in [1.807, 2.05) is 23.6 Å². The second-order valence-electron chi connectivity index (χ2n) is 6.00. The Hall–Kier alpha value is -3.24. The predicted octanol–water partition coefficient (Wildman–Crippen LogP) is 4.75. The minimum atomic E-state index is -0.400. The molecule has 0 aliphatic rings. The van der Waals surface area contributed by atoms with Gasteiger partial charge in [0, 0.05) is 16.3 Å². The molecular weight excluding hydrogens is 424 g/mol. The summed E-state index contributed by atoms with van der Waals surface area (Å²) in [5.41, 5.74) is 1.99. The molecule has 0 amide bonds. The van der Waals surface area contributed by atoms with Crippen LogP contribution in [0.25, 0.3) is 21.5 Å². The Balaban J connectivity index is 1.69. The second kappa shape index (κ2) is 8.64. The van der Waals surface area contributed by atoms with Crippen molar-refractivity contribution >= 4 is 49.8 Å². The van der Waals surface area contributed by atoms with Crippen LogP contribution in [0.2, 0.25) is 0 Å². The zero-order valence-corrected chi connectivity index (χ0v) is 18.1. The summed E-state index contributed by atoms with van der Waals surface area (Å²) < 4.78 is 15.9. The molecular formula is C20H18N4O4S2. The fourth-order valence-corrected chi connectivity index (χ4v) is 4.49. The lowest BCUT2D eigenvalue weighted by atomic mass is 10.1. The Morgan fingerprint density at radius 2 is 2.00 bits per heavy atom. The van der Waals surface area contributed by atoms with Gasteiger partial charge in [0.15, 0.2) is 5.13 Å². The van der Waals surface area contributed by atoms with Gasteiger partial charge in [-0.05, 0) is 25.1 Å². The van der Waals surface area contributed by atoms with Crippen LogP contribution in [0.5, 0.6) is 11.5 Å². The van der Waals surface area contributed by atoms with Gasteiger partial charge in [0.05, 0.1) is 37.5 Å². The average Bonchev–Trinajstić information content (AvgIpc) is 3.41. The van der Waals surface area contributed by atoms with Crippen LogP contribution in [0, 0.1) is 0 Å². The highest BCUT2D eigenvalue weighted by molar-refractivity contribution is 7.17. The maximum atomic E-state index is 12.3. The van der Waals surface area contributed by atoms with Gasteiger partial charge >= 0.3 is 5.97 Å². The van der Waals surface area contributed by atoms with Crippen molar-refractivity contribution < 1.29 is 19.0 Å². The zero-order chi connectivity index (χ0) is 21.1. The maximum Gasteiger partial charge on any atom is 0.339 e. The minimum absolute atomic E-state index is 0.296. The van der Waals surface area contributed by atoms with E-state index in [0.717, 1.165) is 11.3 Å². The molecule has 0 unspecified atom stereocenters. The number of anilines is 2. The summed E-state index contributed by atoms with van der Waals surface area (Å²) in [4.78, 5) is 26.2. The van der Waals surface area contributed by atoms with Crippen molar-refractivity contribution in [1.82, 2.24) is 15.0 Å². The van der Waals surface area contributed by atoms with E-state index in [1.165, 1.54) is 29.0 Å². The van der Waals surface area contributed by atoms with Gasteiger partial charge in [0.25, 0.3) is 0 Å². The third kappa shape index (κ3) is 3.79. The number of aromatic nitrogens is 3. The highest BCUT2D eigenvalue weighted by Crippen LogP contribution is 2.37. The van der Waals surface area contributed by atoms with E-state index in [-0.39, 0.29) is 0 Å². The van der Waals surface area contributed by atoms with Crippen LogP contribution in [-0.4, -0.2) is 41.7 Å². The molecule has 0 fully saturated rings. The van der Waals surface area contributed by atoms with Crippen LogP contribution >= 0.6 is 22.7 Å². The lowest BCUT2D eigenvalue weighted by Crippen LogP contribution is -2.05. The fourth-order valence-electron chi connectivity index (χ4n) is 2.90. The van der Waals surface area contributed by atoms with Gasteiger partial charge in [-0.15, -0.1) is 22.7 Å². The normalized spacial score (nSPS) is 10.8. The fraction of sp³-hybridized carbons (Fsp3) is 0.200. The average molecular weight is 443 g/mol. The molecule has 0 spiro atoms. The third-order valence-electron chi connectivity index (χ3n) is 4.28. The van der Waals surface area contributed by atoms with E-state index in [0.29, 0.717) is 44.8 Å². The van der Waals surface area contributed by atoms with Gasteiger partial charge < -0.3 is 19.5 Å². The minimum Gasteiger partial charge on any atom is -0.497 e. The van der Waals surface area contributed by atoms with Crippen LogP contribution in [0.15, 0.2) is 35.3 Å². The number of hydrogen-bond donors (Lipinski definition) is 1. The molecule has 154 valence electrons. The van der Waals surface area contributed by atoms with Crippen molar-refractivity contribution in [2.75, 3.05) is 26.1 Å². The number of benzene rings is 1. The molecule has 0 atom stereocenters. The van der Waals surface area contributed by atoms with Crippen molar-refractivity contribution in [3.63, 3.8) is 0 Å². The van der Waals surface area contributed by atoms with Gasteiger partial charge in [0.1, 0.15) is 28.5 Å². The van der Waals surface area contributed by atoms with Crippen molar-refractivity contribution in [2.24, 2.45) is 0 Å². The number of carbonyl (C=O) groups excluding carboxylic acids is 1. The van der Waals surface area contributed by atoms with Crippen LogP contribution in [-0.2, 0) is 4.74 Å². The molecule has 0 aliphatic carbocycles. The molecule has 10 heteroatoms. The summed E-state index contributed by atoms with van der Waals surface area (Å²) in [6, 6.07) is 5.54. The number of fused-ring (bicyclic) bond motifs is 1. The molecule has 8 nitrogen and oxygen atoms in total. The predicted molar refractivity (Wildman–Crippen MR) is 117 cm³/mol. The van der Waals surface area contributed by atoms with Crippen molar-refractivity contribution in [2.45, 2.75) is 6.92 Å². The number of rotatable bonds is 7. The molecule has 3 aromatic heterocycles. The van der Waals surface area contributed by atoms with Gasteiger partial charge in [-0.1, -0.05) is 0 Å². The standard InChI is InChI=1S/C20H18N4O4S2/c1-4-28-19(25)13-8-29-18-16(13)17(21-10-22-18)24-20-23-14(9-30-20)12-7-11(26-2)5-6-15(12)27-3/h5-10H,4H2,1-3H3,(H,21,22,23,24). The molecule has 1 aromatic carbocycles. The molecule has 0 saturated carbocycles. The SMILES string of the molecule is CCOC(=O)c1csc2ncnc(Nc3nc(-c4cc(OC)ccc4OC)cs3)c12. The van der Waals surface area contributed by atoms with E-state index in [4.69, 9.17) is 14.2 Å². The molecule has 3 heterocycles. The molecule has 0 radical (unpaired) electrons. The Labute approximate surface area is 180 Å². The summed E-state index contributed by atoms with van der Waals surface area (Å²) in [6.07, 6.45) is 1.45. The molecule has 0 aliphatic heterocycles. The molecule has 30 heavy (non-hydrogen) atoms. The summed E-state index contributed by atoms with van der Waals surface area (Å²) in [5.74, 6) is 1.51. The smallest absolute Gasteiger partial charge is 0.339 e. The number of esters is 1. The Morgan fingerprint density at radius 3 is 2.77 bits per heavy atom. The topological polar surface area (TPSA) is 95.5 Å². The van der Waals surface area contributed by atoms with Crippen LogP contribution in [0.1, 0.15) is 17.3 Å². The second-order valence-corrected chi connectivity index (χ2v) is 7.72. The van der Waals surface area contributed by atoms with Crippen LogP contribution in [0.3, 0.4) is 0 Å². The number of methoxy groups -OCH3 is 2. The number of carbonyl (C=O) groups is 1. The first-order chi connectivity index (χ1) is 14.6. The van der Waals surface area contributed by atoms with Crippen molar-refractivity contribution in [1.29, 1.82) is 0 Å². The van der Waals surface area contributed by atoms with E-state index < -0.39 is 5.97 Å². The number of hydrogen-bond acceptors (Lipinski definition) is 10. The summed E-state index contributed by atoms with van der Waals surface area (Å²) >= 11 is 2.78. The maximum absolute atomic E-state index is 12.3. The van der Waals surface area contributed by atoms with Crippen LogP contribution < -0.4 is 14.8 Å². The zero-order valence-electron chi connectivity index (χ0n) is 16.5. The number of nitrogens with zero attached hydrogens (tertiary/aromatic N) is 3. The molecule has 4 aromatic rings. The van der Waals surface area contributed by atoms with E-state index in [1.54, 1.807) is 26.5 Å². The van der Waals surface area contributed by atoms with E-state index in [2.05, 4.69) is 20.3 Å². The van der Waals surface area contributed by atoms with Crippen LogP contribution in [0.4, 0.5) is 10.9 Å². The molecule has 1 N–H and O–H groups in total. The lowest BCUT2D eigenvalue weighted by molar-refractivity contribution is 0.0529. The molecule has 0 bridgehead atoms. The Kier molecular flexibility index (Phi) is 5.77. The first-order valence-electron chi connectivity index (χ1n) is 8.98. The van der Waals surface area contributed by atoms with Gasteiger partial charge in [-0.25, -0.2) is 19.7 Å². The van der Waals surface area contributed by atoms with E-state index >= 15 is 0 Å². The van der Waals surface area contributed by atoms with Crippen molar-refractivity contribution in [3.8, 4) is 22.8 Å².